The topological polar surface area (TPSA) is 25.8 Å². The largest absolute Gasteiger partial charge is 0.248 e. The predicted octanol–water partition coefficient (Wildman–Crippen LogP) is 14.5. The Labute approximate surface area is 327 Å². The maximum Gasteiger partial charge on any atom is 0.0722 e. The van der Waals surface area contributed by atoms with E-state index in [-0.39, 0.29) is 0 Å². The van der Waals surface area contributed by atoms with Gasteiger partial charge in [0.05, 0.1) is 22.6 Å². The quantitative estimate of drug-likeness (QED) is 0.154. The van der Waals surface area contributed by atoms with Crippen molar-refractivity contribution in [2.45, 2.75) is 0 Å². The number of benzene rings is 8. The van der Waals surface area contributed by atoms with Gasteiger partial charge < -0.3 is 0 Å². The molecule has 0 fully saturated rings. The lowest BCUT2D eigenvalue weighted by Gasteiger charge is -2.16. The lowest BCUT2D eigenvalue weighted by molar-refractivity contribution is 1.32. The Bertz CT molecular complexity index is 2920. The summed E-state index contributed by atoms with van der Waals surface area (Å²) in [5.41, 5.74) is 16.3. The van der Waals surface area contributed by atoms with Crippen molar-refractivity contribution in [3.63, 3.8) is 0 Å². The van der Waals surface area contributed by atoms with E-state index in [1.54, 1.807) is 0 Å². The molecule has 262 valence electrons. The highest BCUT2D eigenvalue weighted by atomic mass is 14.7. The lowest BCUT2D eigenvalue weighted by atomic mass is 9.90. The molecular formula is C54H36N2. The molecule has 0 N–H and O–H groups in total. The first-order valence-electron chi connectivity index (χ1n) is 19.1. The summed E-state index contributed by atoms with van der Waals surface area (Å²) in [7, 11) is 0. The summed E-state index contributed by atoms with van der Waals surface area (Å²) >= 11 is 0. The summed E-state index contributed by atoms with van der Waals surface area (Å²) < 4.78 is 0. The highest BCUT2D eigenvalue weighted by Gasteiger charge is 2.17. The summed E-state index contributed by atoms with van der Waals surface area (Å²) in [5.74, 6) is 0. The third-order valence-corrected chi connectivity index (χ3v) is 10.6. The van der Waals surface area contributed by atoms with Gasteiger partial charge in [-0.3, -0.25) is 0 Å². The molecule has 0 aliphatic rings. The number of fused-ring (bicyclic) bond motifs is 3. The van der Waals surface area contributed by atoms with Crippen LogP contribution in [0.4, 0.5) is 0 Å². The van der Waals surface area contributed by atoms with Gasteiger partial charge in [-0.05, 0) is 97.7 Å². The average molecular weight is 713 g/mol. The van der Waals surface area contributed by atoms with Crippen LogP contribution in [0.1, 0.15) is 0 Å². The monoisotopic (exact) mass is 712 g/mol. The molecule has 0 aliphatic carbocycles. The van der Waals surface area contributed by atoms with Gasteiger partial charge in [0, 0.05) is 22.1 Å². The van der Waals surface area contributed by atoms with Gasteiger partial charge >= 0.3 is 0 Å². The van der Waals surface area contributed by atoms with Crippen LogP contribution in [-0.4, -0.2) is 9.97 Å². The minimum absolute atomic E-state index is 0.924. The first kappa shape index (κ1) is 33.2. The van der Waals surface area contributed by atoms with E-state index >= 15 is 0 Å². The number of rotatable bonds is 7. The van der Waals surface area contributed by atoms with E-state index < -0.39 is 0 Å². The zero-order valence-electron chi connectivity index (χ0n) is 30.7. The molecule has 56 heavy (non-hydrogen) atoms. The second-order valence-electron chi connectivity index (χ2n) is 14.2. The Morgan fingerprint density at radius 1 is 0.232 bits per heavy atom. The molecule has 0 atom stereocenters. The average Bonchev–Trinajstić information content (AvgIpc) is 3.29. The number of pyridine rings is 2. The van der Waals surface area contributed by atoms with Crippen LogP contribution in [0.25, 0.3) is 100.0 Å². The van der Waals surface area contributed by atoms with Crippen LogP contribution in [0, 0.1) is 0 Å². The standard InChI is InChI=1S/C54H36N2/c1-6-17-37(18-7-1)42-31-43(38-19-8-2-9-20-38)33-45(32-42)52-35-44(34-51(56-52)40-23-12-4-13-24-40)46-27-16-28-48-47(46)29-30-50-54(48)49(39-21-10-3-11-22-39)36-53(55-50)41-25-14-5-15-26-41/h1-36H. The second-order valence-corrected chi connectivity index (χ2v) is 14.2. The lowest BCUT2D eigenvalue weighted by Crippen LogP contribution is -1.94. The molecule has 0 saturated heterocycles. The van der Waals surface area contributed by atoms with Gasteiger partial charge in [0.2, 0.25) is 0 Å². The molecule has 10 rings (SSSR count). The number of nitrogens with zero attached hydrogens (tertiary/aromatic N) is 2. The van der Waals surface area contributed by atoms with E-state index in [0.717, 1.165) is 66.9 Å². The highest BCUT2D eigenvalue weighted by molar-refractivity contribution is 6.17. The molecule has 0 saturated carbocycles. The van der Waals surface area contributed by atoms with Crippen molar-refractivity contribution >= 4 is 21.7 Å². The van der Waals surface area contributed by atoms with E-state index in [4.69, 9.17) is 9.97 Å². The Morgan fingerprint density at radius 2 is 0.696 bits per heavy atom. The van der Waals surface area contributed by atoms with Crippen molar-refractivity contribution in [3.05, 3.63) is 218 Å². The summed E-state index contributed by atoms with van der Waals surface area (Å²) in [5, 5.41) is 3.49. The van der Waals surface area contributed by atoms with Crippen LogP contribution >= 0.6 is 0 Å². The molecule has 2 heterocycles. The predicted molar refractivity (Wildman–Crippen MR) is 235 cm³/mol. The molecule has 0 unspecified atom stereocenters. The van der Waals surface area contributed by atoms with Crippen LogP contribution in [0.15, 0.2) is 218 Å². The maximum atomic E-state index is 5.38. The smallest absolute Gasteiger partial charge is 0.0722 e. The highest BCUT2D eigenvalue weighted by Crippen LogP contribution is 2.41. The Morgan fingerprint density at radius 3 is 1.25 bits per heavy atom. The van der Waals surface area contributed by atoms with Crippen molar-refractivity contribution in [2.24, 2.45) is 0 Å². The fourth-order valence-corrected chi connectivity index (χ4v) is 7.91. The fourth-order valence-electron chi connectivity index (χ4n) is 7.91. The molecule has 2 nitrogen and oxygen atoms in total. The van der Waals surface area contributed by atoms with Gasteiger partial charge in [-0.1, -0.05) is 176 Å². The van der Waals surface area contributed by atoms with Gasteiger partial charge in [0.25, 0.3) is 0 Å². The zero-order valence-corrected chi connectivity index (χ0v) is 30.7. The molecule has 8 aromatic carbocycles. The van der Waals surface area contributed by atoms with E-state index in [1.165, 1.54) is 33.0 Å². The number of aromatic nitrogens is 2. The van der Waals surface area contributed by atoms with Gasteiger partial charge in [-0.2, -0.15) is 0 Å². The minimum atomic E-state index is 0.924. The third kappa shape index (κ3) is 6.34. The van der Waals surface area contributed by atoms with Gasteiger partial charge in [-0.15, -0.1) is 0 Å². The van der Waals surface area contributed by atoms with E-state index in [9.17, 15) is 0 Å². The van der Waals surface area contributed by atoms with E-state index in [2.05, 4.69) is 212 Å². The van der Waals surface area contributed by atoms with Crippen molar-refractivity contribution in [2.75, 3.05) is 0 Å². The van der Waals surface area contributed by atoms with Crippen molar-refractivity contribution in [1.29, 1.82) is 0 Å². The van der Waals surface area contributed by atoms with Crippen LogP contribution in [0.2, 0.25) is 0 Å². The Kier molecular flexibility index (Phi) is 8.55. The fraction of sp³-hybridized carbons (Fsp3) is 0. The maximum absolute atomic E-state index is 5.38. The van der Waals surface area contributed by atoms with Gasteiger partial charge in [-0.25, -0.2) is 9.97 Å². The van der Waals surface area contributed by atoms with Crippen molar-refractivity contribution in [1.82, 2.24) is 9.97 Å². The van der Waals surface area contributed by atoms with E-state index in [0.29, 0.717) is 0 Å². The molecule has 2 heteroatoms. The first-order chi connectivity index (χ1) is 27.7. The minimum Gasteiger partial charge on any atom is -0.248 e. The molecule has 0 amide bonds. The summed E-state index contributed by atoms with van der Waals surface area (Å²) in [6, 6.07) is 77.6. The number of hydrogen-bond donors (Lipinski definition) is 0. The van der Waals surface area contributed by atoms with Crippen LogP contribution in [-0.2, 0) is 0 Å². The van der Waals surface area contributed by atoms with E-state index in [1.807, 2.05) is 6.07 Å². The van der Waals surface area contributed by atoms with Crippen LogP contribution in [0.3, 0.4) is 0 Å². The third-order valence-electron chi connectivity index (χ3n) is 10.6. The Balaban J connectivity index is 1.21. The first-order valence-corrected chi connectivity index (χ1v) is 19.1. The van der Waals surface area contributed by atoms with Crippen molar-refractivity contribution in [3.8, 4) is 78.3 Å². The number of hydrogen-bond acceptors (Lipinski definition) is 2. The van der Waals surface area contributed by atoms with Crippen LogP contribution < -0.4 is 0 Å². The second kappa shape index (κ2) is 14.4. The van der Waals surface area contributed by atoms with Gasteiger partial charge in [0.1, 0.15) is 0 Å². The summed E-state index contributed by atoms with van der Waals surface area (Å²) in [6.45, 7) is 0. The molecule has 0 radical (unpaired) electrons. The molecule has 0 spiro atoms. The molecular weight excluding hydrogens is 677 g/mol. The molecule has 0 aliphatic heterocycles. The molecule has 2 aromatic heterocycles. The normalized spacial score (nSPS) is 11.2. The zero-order chi connectivity index (χ0) is 37.3. The van der Waals surface area contributed by atoms with Crippen LogP contribution in [0.5, 0.6) is 0 Å². The summed E-state index contributed by atoms with van der Waals surface area (Å²) in [4.78, 5) is 10.6. The summed E-state index contributed by atoms with van der Waals surface area (Å²) in [6.07, 6.45) is 0. The van der Waals surface area contributed by atoms with Crippen molar-refractivity contribution < 1.29 is 0 Å². The Hall–Kier alpha value is -7.42. The SMILES string of the molecule is c1ccc(-c2cc(-c3ccccc3)cc(-c3cc(-c4cccc5c4ccc4nc(-c6ccccc6)cc(-c6ccccc6)c45)cc(-c4ccccc4)n3)c2)cc1. The molecule has 0 bridgehead atoms. The van der Waals surface area contributed by atoms with Gasteiger partial charge in [0.15, 0.2) is 0 Å². The molecule has 10 aromatic rings.